The van der Waals surface area contributed by atoms with Gasteiger partial charge in [-0.25, -0.2) is 4.79 Å². The second-order valence-corrected chi connectivity index (χ2v) is 9.73. The molecule has 7 heteroatoms. The zero-order chi connectivity index (χ0) is 25.3. The summed E-state index contributed by atoms with van der Waals surface area (Å²) in [6, 6.07) is 13.8. The number of hydrogen-bond donors (Lipinski definition) is 2. The fourth-order valence-corrected chi connectivity index (χ4v) is 4.95. The van der Waals surface area contributed by atoms with Crippen molar-refractivity contribution in [1.29, 1.82) is 0 Å². The molecule has 2 aliphatic heterocycles. The molecule has 0 radical (unpaired) electrons. The number of nitrogens with one attached hydrogen (secondary N) is 2. The normalized spacial score (nSPS) is 18.6. The standard InChI is InChI=1S/C28H34N4O3/c1-6-31-22-16-32(25(20-10-8-7-9-11-20)26(33)29-15-17(2)3)27(34)23(22)24(30-28(31)35)21-13-12-18(4)14-19(21)5/h7-14,17,24-25H,6,15-16H2,1-5H3,(H,29,33)(H,30,35)/t24-,25-/m0/s1. The molecule has 35 heavy (non-hydrogen) atoms. The third-order valence-electron chi connectivity index (χ3n) is 6.66. The Labute approximate surface area is 207 Å². The van der Waals surface area contributed by atoms with Crippen molar-refractivity contribution in [3.63, 3.8) is 0 Å². The first-order valence-electron chi connectivity index (χ1n) is 12.2. The van der Waals surface area contributed by atoms with Crippen molar-refractivity contribution < 1.29 is 14.4 Å². The average molecular weight is 475 g/mol. The number of carbonyl (C=O) groups excluding carboxylic acids is 3. The molecule has 2 heterocycles. The summed E-state index contributed by atoms with van der Waals surface area (Å²) < 4.78 is 0. The number of carbonyl (C=O) groups is 3. The lowest BCUT2D eigenvalue weighted by atomic mass is 9.91. The Balaban J connectivity index is 1.77. The fourth-order valence-electron chi connectivity index (χ4n) is 4.95. The van der Waals surface area contributed by atoms with Gasteiger partial charge in [0.2, 0.25) is 5.91 Å². The molecule has 0 unspecified atom stereocenters. The van der Waals surface area contributed by atoms with Gasteiger partial charge in [0.25, 0.3) is 5.91 Å². The van der Waals surface area contributed by atoms with Gasteiger partial charge >= 0.3 is 6.03 Å². The predicted molar refractivity (Wildman–Crippen MR) is 135 cm³/mol. The highest BCUT2D eigenvalue weighted by Crippen LogP contribution is 2.40. The lowest BCUT2D eigenvalue weighted by Gasteiger charge is -2.33. The number of hydrogen-bond acceptors (Lipinski definition) is 3. The molecule has 0 saturated heterocycles. The van der Waals surface area contributed by atoms with E-state index in [1.807, 2.05) is 77.1 Å². The summed E-state index contributed by atoms with van der Waals surface area (Å²) in [5.41, 5.74) is 4.96. The Hall–Kier alpha value is -3.61. The lowest BCUT2D eigenvalue weighted by molar-refractivity contribution is -0.136. The van der Waals surface area contributed by atoms with E-state index in [2.05, 4.69) is 16.7 Å². The molecule has 2 N–H and O–H groups in total. The number of amides is 4. The van der Waals surface area contributed by atoms with Gasteiger partial charge in [-0.1, -0.05) is 67.9 Å². The van der Waals surface area contributed by atoms with Crippen molar-refractivity contribution in [2.45, 2.75) is 46.7 Å². The van der Waals surface area contributed by atoms with Crippen LogP contribution in [0.4, 0.5) is 4.79 Å². The largest absolute Gasteiger partial charge is 0.354 e. The minimum absolute atomic E-state index is 0.200. The summed E-state index contributed by atoms with van der Waals surface area (Å²) in [4.78, 5) is 43.7. The molecule has 4 amide bonds. The van der Waals surface area contributed by atoms with Crippen LogP contribution in [0.5, 0.6) is 0 Å². The van der Waals surface area contributed by atoms with Gasteiger partial charge in [-0.15, -0.1) is 0 Å². The molecule has 0 bridgehead atoms. The molecule has 184 valence electrons. The minimum atomic E-state index is -0.790. The van der Waals surface area contributed by atoms with Crippen molar-refractivity contribution in [1.82, 2.24) is 20.4 Å². The number of aryl methyl sites for hydroxylation is 2. The van der Waals surface area contributed by atoms with Gasteiger partial charge in [0.1, 0.15) is 6.04 Å². The Bertz CT molecular complexity index is 1170. The van der Waals surface area contributed by atoms with Crippen molar-refractivity contribution >= 4 is 17.8 Å². The summed E-state index contributed by atoms with van der Waals surface area (Å²) in [6.07, 6.45) is 0. The third kappa shape index (κ3) is 4.67. The van der Waals surface area contributed by atoms with Gasteiger partial charge in [-0.2, -0.15) is 0 Å². The van der Waals surface area contributed by atoms with Crippen molar-refractivity contribution in [3.8, 4) is 0 Å². The number of rotatable bonds is 7. The van der Waals surface area contributed by atoms with Crippen LogP contribution in [0.3, 0.4) is 0 Å². The summed E-state index contributed by atoms with van der Waals surface area (Å²) in [6.45, 7) is 11.1. The molecular formula is C28H34N4O3. The van der Waals surface area contributed by atoms with Crippen LogP contribution in [-0.4, -0.2) is 47.3 Å². The average Bonchev–Trinajstić information content (AvgIpc) is 3.15. The molecule has 2 aliphatic rings. The molecule has 2 atom stereocenters. The van der Waals surface area contributed by atoms with Crippen molar-refractivity contribution in [2.75, 3.05) is 19.6 Å². The first-order valence-corrected chi connectivity index (χ1v) is 12.2. The van der Waals surface area contributed by atoms with Crippen LogP contribution in [0, 0.1) is 19.8 Å². The summed E-state index contributed by atoms with van der Waals surface area (Å²) >= 11 is 0. The van der Waals surface area contributed by atoms with E-state index in [0.29, 0.717) is 24.4 Å². The highest BCUT2D eigenvalue weighted by Gasteiger charge is 2.47. The van der Waals surface area contributed by atoms with Crippen LogP contribution in [0.25, 0.3) is 0 Å². The van der Waals surface area contributed by atoms with Crippen molar-refractivity contribution in [3.05, 3.63) is 82.1 Å². The predicted octanol–water partition coefficient (Wildman–Crippen LogP) is 4.00. The monoisotopic (exact) mass is 474 g/mol. The van der Waals surface area contributed by atoms with Gasteiger partial charge in [-0.3, -0.25) is 14.5 Å². The molecule has 2 aromatic carbocycles. The van der Waals surface area contributed by atoms with Crippen LogP contribution in [0.2, 0.25) is 0 Å². The molecule has 0 saturated carbocycles. The quantitative estimate of drug-likeness (QED) is 0.637. The van der Waals surface area contributed by atoms with Crippen LogP contribution in [0.15, 0.2) is 59.8 Å². The maximum Gasteiger partial charge on any atom is 0.322 e. The lowest BCUT2D eigenvalue weighted by Crippen LogP contribution is -2.47. The van der Waals surface area contributed by atoms with E-state index in [4.69, 9.17) is 0 Å². The molecular weight excluding hydrogens is 440 g/mol. The van der Waals surface area contributed by atoms with E-state index in [0.717, 1.165) is 22.3 Å². The van der Waals surface area contributed by atoms with Crippen LogP contribution in [-0.2, 0) is 9.59 Å². The van der Waals surface area contributed by atoms with Crippen LogP contribution in [0.1, 0.15) is 55.1 Å². The van der Waals surface area contributed by atoms with Gasteiger partial charge in [0.05, 0.1) is 23.9 Å². The van der Waals surface area contributed by atoms with Gasteiger partial charge in [0, 0.05) is 13.1 Å². The Morgan fingerprint density at radius 1 is 1.11 bits per heavy atom. The Morgan fingerprint density at radius 2 is 1.83 bits per heavy atom. The highest BCUT2D eigenvalue weighted by atomic mass is 16.2. The van der Waals surface area contributed by atoms with E-state index < -0.39 is 12.1 Å². The Kier molecular flexibility index (Phi) is 6.96. The van der Waals surface area contributed by atoms with E-state index in [1.165, 1.54) is 0 Å². The van der Waals surface area contributed by atoms with E-state index in [-0.39, 0.29) is 30.3 Å². The maximum absolute atomic E-state index is 14.0. The summed E-state index contributed by atoms with van der Waals surface area (Å²) in [5, 5.41) is 6.05. The molecule has 4 rings (SSSR count). The molecule has 0 fully saturated rings. The first-order chi connectivity index (χ1) is 16.7. The SMILES string of the molecule is CCN1C(=O)N[C@@H](c2ccc(C)cc2C)C2=C1CN([C@H](C(=O)NCC(C)C)c1ccccc1)C2=O. The number of nitrogens with zero attached hydrogens (tertiary/aromatic N) is 2. The van der Waals surface area contributed by atoms with Crippen LogP contribution < -0.4 is 10.6 Å². The molecule has 2 aromatic rings. The highest BCUT2D eigenvalue weighted by molar-refractivity contribution is 6.04. The Morgan fingerprint density at radius 3 is 2.46 bits per heavy atom. The second kappa shape index (κ2) is 9.94. The molecule has 0 aliphatic carbocycles. The van der Waals surface area contributed by atoms with Gasteiger partial charge < -0.3 is 15.5 Å². The molecule has 0 spiro atoms. The third-order valence-corrected chi connectivity index (χ3v) is 6.66. The molecule has 7 nitrogen and oxygen atoms in total. The van der Waals surface area contributed by atoms with Gasteiger partial charge in [-0.05, 0) is 43.4 Å². The topological polar surface area (TPSA) is 81.8 Å². The zero-order valence-corrected chi connectivity index (χ0v) is 21.1. The van der Waals surface area contributed by atoms with Crippen molar-refractivity contribution in [2.24, 2.45) is 5.92 Å². The van der Waals surface area contributed by atoms with E-state index in [1.54, 1.807) is 9.80 Å². The van der Waals surface area contributed by atoms with E-state index in [9.17, 15) is 14.4 Å². The fraction of sp³-hybridized carbons (Fsp3) is 0.393. The second-order valence-electron chi connectivity index (χ2n) is 9.73. The van der Waals surface area contributed by atoms with E-state index >= 15 is 0 Å². The zero-order valence-electron chi connectivity index (χ0n) is 21.1. The molecule has 0 aromatic heterocycles. The smallest absolute Gasteiger partial charge is 0.322 e. The number of urea groups is 1. The summed E-state index contributed by atoms with van der Waals surface area (Å²) in [7, 11) is 0. The summed E-state index contributed by atoms with van der Waals surface area (Å²) in [5.74, 6) is -0.164. The number of likely N-dealkylation sites (N-methyl/N-ethyl adjacent to an activating group) is 1. The van der Waals surface area contributed by atoms with Crippen LogP contribution >= 0.6 is 0 Å². The minimum Gasteiger partial charge on any atom is -0.354 e. The number of benzene rings is 2. The first kappa shape index (κ1) is 24.5. The maximum atomic E-state index is 14.0. The van der Waals surface area contributed by atoms with Gasteiger partial charge in [0.15, 0.2) is 0 Å².